The van der Waals surface area contributed by atoms with Gasteiger partial charge in [-0.1, -0.05) is 32.9 Å². The highest BCUT2D eigenvalue weighted by molar-refractivity contribution is 7.99. The van der Waals surface area contributed by atoms with E-state index in [4.69, 9.17) is 10.5 Å². The molecule has 0 heterocycles. The summed E-state index contributed by atoms with van der Waals surface area (Å²) in [6.45, 7) is 6.75. The molecule has 0 bridgehead atoms. The van der Waals surface area contributed by atoms with Gasteiger partial charge in [-0.3, -0.25) is 0 Å². The first-order valence-corrected chi connectivity index (χ1v) is 7.10. The lowest BCUT2D eigenvalue weighted by atomic mass is 10.1. The van der Waals surface area contributed by atoms with Crippen molar-refractivity contribution < 1.29 is 4.74 Å². The van der Waals surface area contributed by atoms with Gasteiger partial charge >= 0.3 is 0 Å². The number of hydrogen-bond donors (Lipinski definition) is 1. The van der Waals surface area contributed by atoms with Crippen LogP contribution in [0.4, 0.5) is 0 Å². The Morgan fingerprint density at radius 1 is 1.18 bits per heavy atom. The Morgan fingerprint density at radius 2 is 1.76 bits per heavy atom. The lowest BCUT2D eigenvalue weighted by molar-refractivity contribution is 0.414. The zero-order valence-corrected chi connectivity index (χ0v) is 12.0. The van der Waals surface area contributed by atoms with E-state index in [0.717, 1.165) is 11.5 Å². The monoisotopic (exact) mass is 253 g/mol. The van der Waals surface area contributed by atoms with Crippen LogP contribution in [-0.2, 0) is 0 Å². The van der Waals surface area contributed by atoms with E-state index >= 15 is 0 Å². The number of nitrogens with two attached hydrogens (primary N) is 1. The molecule has 0 spiro atoms. The second-order valence-electron chi connectivity index (χ2n) is 4.66. The molecule has 0 aliphatic rings. The SMILES string of the molecule is COc1ccc(C(N)CSC(C)C(C)C)cc1. The van der Waals surface area contributed by atoms with Gasteiger partial charge in [-0.05, 0) is 23.6 Å². The molecule has 0 aliphatic carbocycles. The van der Waals surface area contributed by atoms with Crippen molar-refractivity contribution in [2.24, 2.45) is 11.7 Å². The van der Waals surface area contributed by atoms with Crippen molar-refractivity contribution in [3.05, 3.63) is 29.8 Å². The van der Waals surface area contributed by atoms with E-state index in [9.17, 15) is 0 Å². The van der Waals surface area contributed by atoms with Gasteiger partial charge in [-0.2, -0.15) is 11.8 Å². The largest absolute Gasteiger partial charge is 0.497 e. The molecule has 3 heteroatoms. The molecule has 0 fully saturated rings. The maximum atomic E-state index is 6.17. The fourth-order valence-electron chi connectivity index (χ4n) is 1.40. The molecule has 1 aromatic rings. The van der Waals surface area contributed by atoms with E-state index in [-0.39, 0.29) is 6.04 Å². The third-order valence-corrected chi connectivity index (χ3v) is 4.64. The van der Waals surface area contributed by atoms with E-state index in [2.05, 4.69) is 20.8 Å². The smallest absolute Gasteiger partial charge is 0.118 e. The number of hydrogen-bond acceptors (Lipinski definition) is 3. The molecule has 2 nitrogen and oxygen atoms in total. The molecule has 0 aromatic heterocycles. The van der Waals surface area contributed by atoms with Crippen LogP contribution in [0.3, 0.4) is 0 Å². The molecule has 2 atom stereocenters. The predicted molar refractivity (Wildman–Crippen MR) is 76.7 cm³/mol. The Balaban J connectivity index is 2.48. The summed E-state index contributed by atoms with van der Waals surface area (Å²) in [5.41, 5.74) is 7.35. The molecular formula is C14H23NOS. The van der Waals surface area contributed by atoms with Gasteiger partial charge in [0.2, 0.25) is 0 Å². The fourth-order valence-corrected chi connectivity index (χ4v) is 2.48. The summed E-state index contributed by atoms with van der Waals surface area (Å²) >= 11 is 1.94. The van der Waals surface area contributed by atoms with Crippen molar-refractivity contribution in [1.29, 1.82) is 0 Å². The number of ether oxygens (including phenoxy) is 1. The van der Waals surface area contributed by atoms with Gasteiger partial charge in [0, 0.05) is 17.0 Å². The summed E-state index contributed by atoms with van der Waals surface area (Å²) in [6.07, 6.45) is 0. The summed E-state index contributed by atoms with van der Waals surface area (Å²) in [5.74, 6) is 2.54. The molecule has 0 amide bonds. The molecular weight excluding hydrogens is 230 g/mol. The molecule has 96 valence electrons. The predicted octanol–water partition coefficient (Wildman–Crippen LogP) is 3.47. The second-order valence-corrected chi connectivity index (χ2v) is 6.07. The van der Waals surface area contributed by atoms with E-state index in [1.165, 1.54) is 5.56 Å². The molecule has 2 N–H and O–H groups in total. The lowest BCUT2D eigenvalue weighted by Crippen LogP contribution is -2.16. The van der Waals surface area contributed by atoms with Gasteiger partial charge < -0.3 is 10.5 Å². The first-order chi connectivity index (χ1) is 8.04. The second kappa shape index (κ2) is 6.92. The number of rotatable bonds is 6. The van der Waals surface area contributed by atoms with Gasteiger partial charge in [0.1, 0.15) is 5.75 Å². The average Bonchev–Trinajstić information content (AvgIpc) is 2.35. The minimum atomic E-state index is 0.104. The molecule has 0 aliphatic heterocycles. The summed E-state index contributed by atoms with van der Waals surface area (Å²) < 4.78 is 5.13. The maximum Gasteiger partial charge on any atom is 0.118 e. The van der Waals surface area contributed by atoms with Gasteiger partial charge in [-0.25, -0.2) is 0 Å². The van der Waals surface area contributed by atoms with Crippen LogP contribution in [0.1, 0.15) is 32.4 Å². The zero-order valence-electron chi connectivity index (χ0n) is 11.1. The van der Waals surface area contributed by atoms with Crippen LogP contribution in [0, 0.1) is 5.92 Å². The molecule has 17 heavy (non-hydrogen) atoms. The first-order valence-electron chi connectivity index (χ1n) is 6.05. The van der Waals surface area contributed by atoms with Crippen molar-refractivity contribution >= 4 is 11.8 Å². The van der Waals surface area contributed by atoms with Crippen LogP contribution in [0.5, 0.6) is 5.75 Å². The molecule has 0 saturated heterocycles. The standard InChI is InChI=1S/C14H23NOS/c1-10(2)11(3)17-9-14(15)12-5-7-13(16-4)8-6-12/h5-8,10-11,14H,9,15H2,1-4H3. The summed E-state index contributed by atoms with van der Waals surface area (Å²) in [6, 6.07) is 8.12. The van der Waals surface area contributed by atoms with Crippen LogP contribution in [0.2, 0.25) is 0 Å². The molecule has 1 rings (SSSR count). The minimum absolute atomic E-state index is 0.104. The van der Waals surface area contributed by atoms with Crippen LogP contribution < -0.4 is 10.5 Å². The summed E-state index contributed by atoms with van der Waals surface area (Å²) in [4.78, 5) is 0. The van der Waals surface area contributed by atoms with E-state index < -0.39 is 0 Å². The van der Waals surface area contributed by atoms with Crippen LogP contribution >= 0.6 is 11.8 Å². The molecule has 0 saturated carbocycles. The molecule has 2 unspecified atom stereocenters. The Hall–Kier alpha value is -0.670. The van der Waals surface area contributed by atoms with Crippen molar-refractivity contribution in [3.63, 3.8) is 0 Å². The maximum absolute atomic E-state index is 6.17. The number of methoxy groups -OCH3 is 1. The molecule has 1 aromatic carbocycles. The van der Waals surface area contributed by atoms with Crippen LogP contribution in [0.15, 0.2) is 24.3 Å². The third kappa shape index (κ3) is 4.60. The topological polar surface area (TPSA) is 35.2 Å². The van der Waals surface area contributed by atoms with E-state index in [0.29, 0.717) is 11.2 Å². The van der Waals surface area contributed by atoms with Crippen molar-refractivity contribution in [2.75, 3.05) is 12.9 Å². The van der Waals surface area contributed by atoms with Gasteiger partial charge in [0.15, 0.2) is 0 Å². The fraction of sp³-hybridized carbons (Fsp3) is 0.571. The summed E-state index contributed by atoms with van der Waals surface area (Å²) in [5, 5.41) is 0.652. The Kier molecular flexibility index (Phi) is 5.86. The third-order valence-electron chi connectivity index (χ3n) is 3.02. The summed E-state index contributed by atoms with van der Waals surface area (Å²) in [7, 11) is 1.68. The van der Waals surface area contributed by atoms with Crippen molar-refractivity contribution in [1.82, 2.24) is 0 Å². The van der Waals surface area contributed by atoms with Crippen molar-refractivity contribution in [3.8, 4) is 5.75 Å². The van der Waals surface area contributed by atoms with Gasteiger partial charge in [0.25, 0.3) is 0 Å². The Labute approximate surface area is 109 Å². The van der Waals surface area contributed by atoms with E-state index in [1.54, 1.807) is 7.11 Å². The molecule has 0 radical (unpaired) electrons. The van der Waals surface area contributed by atoms with Crippen LogP contribution in [-0.4, -0.2) is 18.1 Å². The highest BCUT2D eigenvalue weighted by atomic mass is 32.2. The minimum Gasteiger partial charge on any atom is -0.497 e. The Bertz CT molecular complexity index is 323. The number of benzene rings is 1. The zero-order chi connectivity index (χ0) is 12.8. The first kappa shape index (κ1) is 14.4. The van der Waals surface area contributed by atoms with Crippen LogP contribution in [0.25, 0.3) is 0 Å². The highest BCUT2D eigenvalue weighted by Crippen LogP contribution is 2.24. The normalized spacial score (nSPS) is 14.7. The van der Waals surface area contributed by atoms with Crippen molar-refractivity contribution in [2.45, 2.75) is 32.1 Å². The highest BCUT2D eigenvalue weighted by Gasteiger charge is 2.11. The van der Waals surface area contributed by atoms with E-state index in [1.807, 2.05) is 36.0 Å². The van der Waals surface area contributed by atoms with Gasteiger partial charge in [-0.15, -0.1) is 0 Å². The Morgan fingerprint density at radius 3 is 2.24 bits per heavy atom. The van der Waals surface area contributed by atoms with Gasteiger partial charge in [0.05, 0.1) is 7.11 Å². The lowest BCUT2D eigenvalue weighted by Gasteiger charge is -2.18. The average molecular weight is 253 g/mol. The number of thioether (sulfide) groups is 1. The quantitative estimate of drug-likeness (QED) is 0.843.